The summed E-state index contributed by atoms with van der Waals surface area (Å²) in [5.41, 5.74) is 5.66. The highest BCUT2D eigenvalue weighted by atomic mass is 32.1. The van der Waals surface area contributed by atoms with Gasteiger partial charge in [0.1, 0.15) is 0 Å². The van der Waals surface area contributed by atoms with Gasteiger partial charge in [0.05, 0.1) is 11.4 Å². The molecule has 0 spiro atoms. The van der Waals surface area contributed by atoms with Gasteiger partial charge in [0.2, 0.25) is 0 Å². The van der Waals surface area contributed by atoms with Crippen LogP contribution in [-0.4, -0.2) is 48.6 Å². The second-order valence-electron chi connectivity index (χ2n) is 5.72. The highest BCUT2D eigenvalue weighted by Crippen LogP contribution is 2.23. The highest BCUT2D eigenvalue weighted by molar-refractivity contribution is 7.12. The predicted octanol–water partition coefficient (Wildman–Crippen LogP) is 1.58. The topological polar surface area (TPSA) is 32.5 Å². The summed E-state index contributed by atoms with van der Waals surface area (Å²) >= 11 is 1.78. The zero-order chi connectivity index (χ0) is 13.9. The van der Waals surface area contributed by atoms with E-state index in [-0.39, 0.29) is 5.54 Å². The Hall–Kier alpha value is -0.860. The summed E-state index contributed by atoms with van der Waals surface area (Å²) in [6.45, 7) is 9.48. The summed E-state index contributed by atoms with van der Waals surface area (Å²) in [6.07, 6.45) is 0. The van der Waals surface area contributed by atoms with E-state index < -0.39 is 0 Å². The molecule has 1 aliphatic rings. The van der Waals surface area contributed by atoms with Crippen molar-refractivity contribution < 1.29 is 0 Å². The van der Waals surface area contributed by atoms with E-state index in [1.807, 2.05) is 0 Å². The fraction of sp³-hybridized carbons (Fsp3) is 0.600. The van der Waals surface area contributed by atoms with Gasteiger partial charge in [-0.25, -0.2) is 0 Å². The van der Waals surface area contributed by atoms with Crippen LogP contribution in [0.15, 0.2) is 12.1 Å². The molecule has 1 aromatic rings. The van der Waals surface area contributed by atoms with E-state index >= 15 is 0 Å². The van der Waals surface area contributed by atoms with Crippen molar-refractivity contribution in [1.29, 1.82) is 0 Å². The summed E-state index contributed by atoms with van der Waals surface area (Å²) < 4.78 is 0. The van der Waals surface area contributed by atoms with E-state index in [1.54, 1.807) is 11.3 Å². The normalized spacial score (nSPS) is 20.0. The van der Waals surface area contributed by atoms with Gasteiger partial charge < -0.3 is 5.73 Å². The number of piperazine rings is 1. The minimum absolute atomic E-state index is 0.262. The van der Waals surface area contributed by atoms with Crippen LogP contribution in [0.4, 0.5) is 0 Å². The van der Waals surface area contributed by atoms with Gasteiger partial charge in [-0.2, -0.15) is 0 Å². The Morgan fingerprint density at radius 1 is 1.37 bits per heavy atom. The van der Waals surface area contributed by atoms with Crippen LogP contribution < -0.4 is 5.73 Å². The summed E-state index contributed by atoms with van der Waals surface area (Å²) in [4.78, 5) is 7.48. The molecule has 1 aromatic heterocycles. The van der Waals surface area contributed by atoms with Crippen LogP contribution >= 0.6 is 11.3 Å². The van der Waals surface area contributed by atoms with Gasteiger partial charge >= 0.3 is 0 Å². The number of nitrogens with zero attached hydrogens (tertiary/aromatic N) is 2. The average Bonchev–Trinajstić information content (AvgIpc) is 2.78. The largest absolute Gasteiger partial charge is 0.320 e. The molecule has 0 amide bonds. The van der Waals surface area contributed by atoms with Crippen LogP contribution in [0.25, 0.3) is 0 Å². The average molecular weight is 277 g/mol. The lowest BCUT2D eigenvalue weighted by molar-refractivity contribution is 0.0365. The third kappa shape index (κ3) is 3.80. The third-order valence-corrected chi connectivity index (χ3v) is 4.74. The van der Waals surface area contributed by atoms with Crippen LogP contribution in [0, 0.1) is 11.8 Å². The predicted molar refractivity (Wildman–Crippen MR) is 82.2 cm³/mol. The van der Waals surface area contributed by atoms with Crippen molar-refractivity contribution in [3.8, 4) is 11.8 Å². The fourth-order valence-electron chi connectivity index (χ4n) is 2.36. The Bertz CT molecular complexity index is 481. The first-order chi connectivity index (χ1) is 9.01. The molecule has 0 atom stereocenters. The molecule has 2 heterocycles. The summed E-state index contributed by atoms with van der Waals surface area (Å²) in [7, 11) is 2.21. The first-order valence-corrected chi connectivity index (χ1v) is 7.54. The summed E-state index contributed by atoms with van der Waals surface area (Å²) in [5.74, 6) is 6.01. The van der Waals surface area contributed by atoms with Crippen LogP contribution in [0.2, 0.25) is 0 Å². The Kier molecular flexibility index (Phi) is 4.64. The Morgan fingerprint density at radius 2 is 2.16 bits per heavy atom. The van der Waals surface area contributed by atoms with E-state index in [0.29, 0.717) is 6.54 Å². The van der Waals surface area contributed by atoms with E-state index in [2.05, 4.69) is 54.7 Å². The molecule has 2 rings (SSSR count). The standard InChI is InChI=1S/C15H23N3S/c1-15(2)12-18(10-9-17(15)3)11-14-7-6-13(19-14)5-4-8-16/h6-7H,8-12,16H2,1-3H3. The zero-order valence-corrected chi connectivity index (χ0v) is 12.9. The third-order valence-electron chi connectivity index (χ3n) is 3.75. The molecule has 0 unspecified atom stereocenters. The maximum absolute atomic E-state index is 5.39. The molecule has 1 aliphatic heterocycles. The van der Waals surface area contributed by atoms with Gasteiger partial charge in [-0.05, 0) is 33.0 Å². The minimum atomic E-state index is 0.262. The van der Waals surface area contributed by atoms with E-state index in [0.717, 1.165) is 31.1 Å². The summed E-state index contributed by atoms with van der Waals surface area (Å²) in [5, 5.41) is 0. The lowest BCUT2D eigenvalue weighted by Gasteiger charge is -2.45. The Balaban J connectivity index is 1.96. The van der Waals surface area contributed by atoms with Gasteiger partial charge in [0.15, 0.2) is 0 Å². The first kappa shape index (κ1) is 14.5. The van der Waals surface area contributed by atoms with Gasteiger partial charge in [-0.3, -0.25) is 9.80 Å². The van der Waals surface area contributed by atoms with E-state index in [1.165, 1.54) is 4.88 Å². The van der Waals surface area contributed by atoms with Crippen molar-refractivity contribution in [2.24, 2.45) is 5.73 Å². The van der Waals surface area contributed by atoms with Gasteiger partial charge in [-0.15, -0.1) is 11.3 Å². The molecule has 1 saturated heterocycles. The number of rotatable bonds is 2. The number of likely N-dealkylation sites (N-methyl/N-ethyl adjacent to an activating group) is 1. The van der Waals surface area contributed by atoms with Gasteiger partial charge in [-0.1, -0.05) is 11.8 Å². The van der Waals surface area contributed by atoms with Crippen LogP contribution in [0.1, 0.15) is 23.6 Å². The molecule has 104 valence electrons. The van der Waals surface area contributed by atoms with Crippen LogP contribution in [-0.2, 0) is 6.54 Å². The minimum Gasteiger partial charge on any atom is -0.320 e. The van der Waals surface area contributed by atoms with Crippen molar-refractivity contribution >= 4 is 11.3 Å². The molecule has 1 fully saturated rings. The molecule has 0 saturated carbocycles. The second kappa shape index (κ2) is 6.06. The zero-order valence-electron chi connectivity index (χ0n) is 12.1. The molecule has 3 nitrogen and oxygen atoms in total. The molecule has 0 aromatic carbocycles. The van der Waals surface area contributed by atoms with Crippen molar-refractivity contribution in [2.45, 2.75) is 25.9 Å². The SMILES string of the molecule is CN1CCN(Cc2ccc(C#CCN)s2)CC1(C)C. The number of nitrogens with two attached hydrogens (primary N) is 1. The van der Waals surface area contributed by atoms with Gasteiger partial charge in [0.25, 0.3) is 0 Å². The lowest BCUT2D eigenvalue weighted by Crippen LogP contribution is -2.57. The number of hydrogen-bond donors (Lipinski definition) is 1. The van der Waals surface area contributed by atoms with Crippen LogP contribution in [0.3, 0.4) is 0 Å². The number of hydrogen-bond acceptors (Lipinski definition) is 4. The molecule has 0 bridgehead atoms. The quantitative estimate of drug-likeness (QED) is 0.833. The Morgan fingerprint density at radius 3 is 2.84 bits per heavy atom. The molecule has 19 heavy (non-hydrogen) atoms. The maximum Gasteiger partial charge on any atom is 0.0772 e. The number of thiophene rings is 1. The fourth-order valence-corrected chi connectivity index (χ4v) is 3.29. The van der Waals surface area contributed by atoms with Crippen molar-refractivity contribution in [3.63, 3.8) is 0 Å². The van der Waals surface area contributed by atoms with Gasteiger partial charge in [0, 0.05) is 36.6 Å². The maximum atomic E-state index is 5.39. The van der Waals surface area contributed by atoms with Crippen molar-refractivity contribution in [3.05, 3.63) is 21.9 Å². The summed E-state index contributed by atoms with van der Waals surface area (Å²) in [6, 6.07) is 4.29. The van der Waals surface area contributed by atoms with Crippen molar-refractivity contribution in [2.75, 3.05) is 33.2 Å². The molecular weight excluding hydrogens is 254 g/mol. The molecule has 0 radical (unpaired) electrons. The Labute approximate surface area is 120 Å². The lowest BCUT2D eigenvalue weighted by atomic mass is 10.00. The smallest absolute Gasteiger partial charge is 0.0772 e. The van der Waals surface area contributed by atoms with E-state index in [9.17, 15) is 0 Å². The molecular formula is C15H23N3S. The monoisotopic (exact) mass is 277 g/mol. The second-order valence-corrected chi connectivity index (χ2v) is 6.88. The van der Waals surface area contributed by atoms with Crippen molar-refractivity contribution in [1.82, 2.24) is 9.80 Å². The molecule has 0 aliphatic carbocycles. The highest BCUT2D eigenvalue weighted by Gasteiger charge is 2.30. The molecule has 4 heteroatoms. The van der Waals surface area contributed by atoms with Crippen LogP contribution in [0.5, 0.6) is 0 Å². The molecule has 2 N–H and O–H groups in total. The first-order valence-electron chi connectivity index (χ1n) is 6.72. The van der Waals surface area contributed by atoms with E-state index in [4.69, 9.17) is 5.73 Å².